The van der Waals surface area contributed by atoms with Gasteiger partial charge in [0.1, 0.15) is 0 Å². The summed E-state index contributed by atoms with van der Waals surface area (Å²) >= 11 is 0. The molecule has 1 fully saturated rings. The molecule has 0 radical (unpaired) electrons. The van der Waals surface area contributed by atoms with Crippen molar-refractivity contribution in [1.29, 1.82) is 0 Å². The largest absolute Gasteiger partial charge is 0.361 e. The molecule has 1 aromatic heterocycles. The molecule has 29 heavy (non-hydrogen) atoms. The van der Waals surface area contributed by atoms with Crippen LogP contribution in [0.2, 0.25) is 0 Å². The Morgan fingerprint density at radius 1 is 1.14 bits per heavy atom. The lowest BCUT2D eigenvalue weighted by atomic mass is 9.89. The summed E-state index contributed by atoms with van der Waals surface area (Å²) in [4.78, 5) is 20.3. The Labute approximate surface area is 173 Å². The van der Waals surface area contributed by atoms with Gasteiger partial charge in [-0.05, 0) is 50.3 Å². The molecule has 0 atom stereocenters. The zero-order valence-corrected chi connectivity index (χ0v) is 17.8. The molecule has 0 aliphatic heterocycles. The molecule has 0 unspecified atom stereocenters. The predicted octanol–water partition coefficient (Wildman–Crippen LogP) is 3.27. The van der Waals surface area contributed by atoms with Crippen LogP contribution < -0.4 is 16.0 Å². The Bertz CT molecular complexity index is 820. The minimum absolute atomic E-state index is 0.211. The summed E-state index contributed by atoms with van der Waals surface area (Å²) in [6, 6.07) is 6.50. The highest BCUT2D eigenvalue weighted by molar-refractivity contribution is 5.84. The van der Waals surface area contributed by atoms with Gasteiger partial charge >= 0.3 is 0 Å². The van der Waals surface area contributed by atoms with Crippen LogP contribution >= 0.6 is 0 Å². The molecule has 158 valence electrons. The number of hydrogen-bond acceptors (Lipinski definition) is 2. The van der Waals surface area contributed by atoms with Crippen molar-refractivity contribution in [2.24, 2.45) is 10.9 Å². The normalized spacial score (nSPS) is 15.4. The van der Waals surface area contributed by atoms with E-state index in [2.05, 4.69) is 64.2 Å². The van der Waals surface area contributed by atoms with Crippen LogP contribution in [-0.4, -0.2) is 43.0 Å². The Hall–Kier alpha value is -2.50. The molecule has 1 amide bonds. The molecule has 6 nitrogen and oxygen atoms in total. The van der Waals surface area contributed by atoms with E-state index in [9.17, 15) is 4.79 Å². The second-order valence-corrected chi connectivity index (χ2v) is 7.93. The molecule has 3 rings (SSSR count). The number of hydrogen-bond donors (Lipinski definition) is 4. The molecule has 1 saturated carbocycles. The predicted molar refractivity (Wildman–Crippen MR) is 120 cm³/mol. The minimum atomic E-state index is 0.211. The molecule has 1 aromatic carbocycles. The average molecular weight is 398 g/mol. The van der Waals surface area contributed by atoms with E-state index in [1.165, 1.54) is 41.3 Å². The zero-order chi connectivity index (χ0) is 20.5. The molecule has 1 aliphatic rings. The van der Waals surface area contributed by atoms with Crippen molar-refractivity contribution >= 4 is 22.8 Å². The van der Waals surface area contributed by atoms with Crippen LogP contribution in [0.15, 0.2) is 29.4 Å². The van der Waals surface area contributed by atoms with Crippen LogP contribution in [0.25, 0.3) is 10.9 Å². The monoisotopic (exact) mass is 397 g/mol. The van der Waals surface area contributed by atoms with E-state index >= 15 is 0 Å². The third-order valence-corrected chi connectivity index (χ3v) is 5.61. The molecule has 4 N–H and O–H groups in total. The minimum Gasteiger partial charge on any atom is -0.361 e. The summed E-state index contributed by atoms with van der Waals surface area (Å²) in [5.74, 6) is 1.23. The molecule has 0 spiro atoms. The first kappa shape index (κ1) is 21.2. The number of aliphatic imine (C=N–C) groups is 1. The fourth-order valence-corrected chi connectivity index (χ4v) is 4.01. The lowest BCUT2D eigenvalue weighted by molar-refractivity contribution is -0.125. The van der Waals surface area contributed by atoms with Crippen molar-refractivity contribution in [2.45, 2.75) is 52.4 Å². The maximum atomic E-state index is 12.2. The van der Waals surface area contributed by atoms with Gasteiger partial charge in [-0.1, -0.05) is 31.4 Å². The van der Waals surface area contributed by atoms with E-state index in [0.717, 1.165) is 31.8 Å². The van der Waals surface area contributed by atoms with Crippen molar-refractivity contribution < 1.29 is 4.79 Å². The van der Waals surface area contributed by atoms with Crippen LogP contribution in [-0.2, 0) is 11.2 Å². The number of amides is 1. The van der Waals surface area contributed by atoms with Crippen LogP contribution in [0.1, 0.15) is 50.2 Å². The summed E-state index contributed by atoms with van der Waals surface area (Å²) in [5.41, 5.74) is 3.74. The SMILES string of the molecule is CCNC(=NCCc1c[nH]c2cc(C)ccc12)NCCNC(=O)C1CCCCC1. The average Bonchev–Trinajstić information content (AvgIpc) is 3.13. The highest BCUT2D eigenvalue weighted by atomic mass is 16.1. The number of aryl methyl sites for hydroxylation is 1. The fourth-order valence-electron chi connectivity index (χ4n) is 4.01. The van der Waals surface area contributed by atoms with Gasteiger partial charge in [0.15, 0.2) is 5.96 Å². The molecule has 1 aliphatic carbocycles. The number of benzene rings is 1. The summed E-state index contributed by atoms with van der Waals surface area (Å²) in [5, 5.41) is 10.9. The van der Waals surface area contributed by atoms with Gasteiger partial charge in [0.25, 0.3) is 0 Å². The van der Waals surface area contributed by atoms with Crippen LogP contribution in [0.5, 0.6) is 0 Å². The Morgan fingerprint density at radius 2 is 1.93 bits per heavy atom. The van der Waals surface area contributed by atoms with Gasteiger partial charge in [-0.3, -0.25) is 9.79 Å². The lowest BCUT2D eigenvalue weighted by Gasteiger charge is -2.21. The number of guanidine groups is 1. The van der Waals surface area contributed by atoms with Gasteiger partial charge in [0.2, 0.25) is 5.91 Å². The summed E-state index contributed by atoms with van der Waals surface area (Å²) in [6.45, 7) is 7.00. The van der Waals surface area contributed by atoms with Crippen molar-refractivity contribution in [3.05, 3.63) is 35.5 Å². The second-order valence-electron chi connectivity index (χ2n) is 7.93. The smallest absolute Gasteiger partial charge is 0.223 e. The molecular weight excluding hydrogens is 362 g/mol. The first-order valence-electron chi connectivity index (χ1n) is 11.0. The van der Waals surface area contributed by atoms with Gasteiger partial charge in [-0.2, -0.15) is 0 Å². The number of rotatable bonds is 8. The second kappa shape index (κ2) is 10.9. The van der Waals surface area contributed by atoms with Crippen molar-refractivity contribution in [3.63, 3.8) is 0 Å². The number of H-pyrrole nitrogens is 1. The van der Waals surface area contributed by atoms with E-state index in [0.29, 0.717) is 19.6 Å². The molecule has 6 heteroatoms. The van der Waals surface area contributed by atoms with Gasteiger partial charge in [-0.15, -0.1) is 0 Å². The standard InChI is InChI=1S/C23H35N5O/c1-3-24-23(27-14-13-25-22(29)18-7-5-4-6-8-18)26-12-11-19-16-28-21-15-17(2)9-10-20(19)21/h9-10,15-16,18,28H,3-8,11-14H2,1-2H3,(H,25,29)(H2,24,26,27). The maximum absolute atomic E-state index is 12.2. The van der Waals surface area contributed by atoms with Crippen molar-refractivity contribution in [2.75, 3.05) is 26.2 Å². The quantitative estimate of drug-likeness (QED) is 0.313. The maximum Gasteiger partial charge on any atom is 0.223 e. The number of aromatic amines is 1. The number of nitrogens with one attached hydrogen (secondary N) is 4. The number of carbonyl (C=O) groups excluding carboxylic acids is 1. The van der Waals surface area contributed by atoms with Crippen LogP contribution in [0.4, 0.5) is 0 Å². The molecule has 0 bridgehead atoms. The molecule has 2 aromatic rings. The first-order valence-corrected chi connectivity index (χ1v) is 11.0. The van der Waals surface area contributed by atoms with E-state index in [1.54, 1.807) is 0 Å². The van der Waals surface area contributed by atoms with E-state index in [4.69, 9.17) is 0 Å². The Kier molecular flexibility index (Phi) is 7.96. The van der Waals surface area contributed by atoms with Gasteiger partial charge < -0.3 is 20.9 Å². The van der Waals surface area contributed by atoms with Crippen molar-refractivity contribution in [1.82, 2.24) is 20.9 Å². The van der Waals surface area contributed by atoms with E-state index in [1.807, 2.05) is 0 Å². The van der Waals surface area contributed by atoms with Gasteiger partial charge in [-0.25, -0.2) is 0 Å². The van der Waals surface area contributed by atoms with Gasteiger partial charge in [0, 0.05) is 49.2 Å². The number of aromatic nitrogens is 1. The first-order chi connectivity index (χ1) is 14.2. The highest BCUT2D eigenvalue weighted by Gasteiger charge is 2.20. The van der Waals surface area contributed by atoms with E-state index in [-0.39, 0.29) is 11.8 Å². The number of fused-ring (bicyclic) bond motifs is 1. The Morgan fingerprint density at radius 3 is 2.72 bits per heavy atom. The Balaban J connectivity index is 1.43. The fraction of sp³-hybridized carbons (Fsp3) is 0.565. The summed E-state index contributed by atoms with van der Waals surface area (Å²) < 4.78 is 0. The molecular formula is C23H35N5O. The third-order valence-electron chi connectivity index (χ3n) is 5.61. The van der Waals surface area contributed by atoms with Gasteiger partial charge in [0.05, 0.1) is 0 Å². The van der Waals surface area contributed by atoms with Crippen LogP contribution in [0, 0.1) is 12.8 Å². The highest BCUT2D eigenvalue weighted by Crippen LogP contribution is 2.23. The number of carbonyl (C=O) groups is 1. The molecule has 1 heterocycles. The summed E-state index contributed by atoms with van der Waals surface area (Å²) in [7, 11) is 0. The zero-order valence-electron chi connectivity index (χ0n) is 17.8. The molecule has 0 saturated heterocycles. The third kappa shape index (κ3) is 6.24. The lowest BCUT2D eigenvalue weighted by Crippen LogP contribution is -2.42. The van der Waals surface area contributed by atoms with Crippen molar-refractivity contribution in [3.8, 4) is 0 Å². The topological polar surface area (TPSA) is 81.3 Å². The number of nitrogens with zero attached hydrogens (tertiary/aromatic N) is 1. The van der Waals surface area contributed by atoms with E-state index < -0.39 is 0 Å². The summed E-state index contributed by atoms with van der Waals surface area (Å²) in [6.07, 6.45) is 8.69. The van der Waals surface area contributed by atoms with Crippen LogP contribution in [0.3, 0.4) is 0 Å².